The molecule has 4 aromatic rings. The molecule has 1 atom stereocenters. The van der Waals surface area contributed by atoms with Gasteiger partial charge in [0.05, 0.1) is 11.6 Å². The van der Waals surface area contributed by atoms with Crippen LogP contribution >= 0.6 is 23.1 Å². The molecule has 7 nitrogen and oxygen atoms in total. The van der Waals surface area contributed by atoms with Crippen LogP contribution in [0, 0.1) is 11.6 Å². The van der Waals surface area contributed by atoms with Crippen molar-refractivity contribution in [1.82, 2.24) is 15.2 Å². The first-order chi connectivity index (χ1) is 17.4. The highest BCUT2D eigenvalue weighted by atomic mass is 32.2. The Morgan fingerprint density at radius 1 is 1.03 bits per heavy atom. The summed E-state index contributed by atoms with van der Waals surface area (Å²) < 4.78 is 27.9. The second-order valence-corrected chi connectivity index (χ2v) is 9.87. The van der Waals surface area contributed by atoms with Crippen molar-refractivity contribution in [3.8, 4) is 0 Å². The first-order valence-electron chi connectivity index (χ1n) is 10.6. The van der Waals surface area contributed by atoms with E-state index in [2.05, 4.69) is 15.2 Å². The average molecular weight is 523 g/mol. The van der Waals surface area contributed by atoms with Gasteiger partial charge >= 0.3 is 5.91 Å². The molecule has 1 N–H and O–H groups in total. The van der Waals surface area contributed by atoms with Crippen LogP contribution in [-0.2, 0) is 15.3 Å². The molecular formula is C25H16F2N4O3S2. The fourth-order valence-corrected chi connectivity index (χ4v) is 5.61. The normalized spacial score (nSPS) is 17.1. The van der Waals surface area contributed by atoms with Gasteiger partial charge in [0.15, 0.2) is 4.34 Å². The fraction of sp³-hybridized carbons (Fsp3) is 0.0800. The SMILES string of the molecule is O=C1C(=O)N(c2nnc(SCc3ccccc3F)s2)C(c2cccnc2)/C1=C(/O)c1ccc(F)cc1. The first kappa shape index (κ1) is 23.8. The number of benzene rings is 2. The Bertz CT molecular complexity index is 1480. The largest absolute Gasteiger partial charge is 0.507 e. The third-order valence-electron chi connectivity index (χ3n) is 5.47. The van der Waals surface area contributed by atoms with Gasteiger partial charge in [-0.05, 0) is 47.5 Å². The van der Waals surface area contributed by atoms with Crippen LogP contribution in [0.4, 0.5) is 13.9 Å². The van der Waals surface area contributed by atoms with Crippen LogP contribution < -0.4 is 4.90 Å². The Labute approximate surface area is 212 Å². The lowest BCUT2D eigenvalue weighted by Crippen LogP contribution is -2.29. The van der Waals surface area contributed by atoms with Crippen molar-refractivity contribution in [3.05, 3.63) is 107 Å². The number of aliphatic hydroxyl groups is 1. The topological polar surface area (TPSA) is 96.3 Å². The summed E-state index contributed by atoms with van der Waals surface area (Å²) in [7, 11) is 0. The Morgan fingerprint density at radius 3 is 2.53 bits per heavy atom. The summed E-state index contributed by atoms with van der Waals surface area (Å²) in [5.41, 5.74) is 0.975. The molecule has 0 saturated carbocycles. The van der Waals surface area contributed by atoms with Crippen LogP contribution in [0.25, 0.3) is 5.76 Å². The Balaban J connectivity index is 1.53. The van der Waals surface area contributed by atoms with Gasteiger partial charge in [-0.15, -0.1) is 10.2 Å². The van der Waals surface area contributed by atoms with Gasteiger partial charge in [-0.1, -0.05) is 47.4 Å². The average Bonchev–Trinajstić information content (AvgIpc) is 3.46. The minimum absolute atomic E-state index is 0.139. The number of nitrogens with zero attached hydrogens (tertiary/aromatic N) is 4. The summed E-state index contributed by atoms with van der Waals surface area (Å²) in [4.78, 5) is 31.5. The molecule has 1 fully saturated rings. The second-order valence-electron chi connectivity index (χ2n) is 7.69. The number of hydrogen-bond acceptors (Lipinski definition) is 8. The summed E-state index contributed by atoms with van der Waals surface area (Å²) in [6, 6.07) is 13.6. The molecule has 1 amide bonds. The van der Waals surface area contributed by atoms with E-state index in [1.54, 1.807) is 30.3 Å². The summed E-state index contributed by atoms with van der Waals surface area (Å²) in [5.74, 6) is -2.79. The van der Waals surface area contributed by atoms with Crippen molar-refractivity contribution < 1.29 is 23.5 Å². The molecule has 3 heterocycles. The molecule has 0 bridgehead atoms. The third-order valence-corrected chi connectivity index (χ3v) is 7.58. The molecule has 36 heavy (non-hydrogen) atoms. The number of halogens is 2. The number of hydrogen-bond donors (Lipinski definition) is 1. The lowest BCUT2D eigenvalue weighted by Gasteiger charge is -2.22. The highest BCUT2D eigenvalue weighted by Gasteiger charge is 2.48. The van der Waals surface area contributed by atoms with Crippen molar-refractivity contribution in [2.75, 3.05) is 4.90 Å². The van der Waals surface area contributed by atoms with E-state index < -0.39 is 29.3 Å². The molecular weight excluding hydrogens is 506 g/mol. The molecule has 1 aliphatic heterocycles. The molecule has 1 unspecified atom stereocenters. The molecule has 0 spiro atoms. The Kier molecular flexibility index (Phi) is 6.57. The highest BCUT2D eigenvalue weighted by molar-refractivity contribution is 8.00. The predicted molar refractivity (Wildman–Crippen MR) is 131 cm³/mol. The lowest BCUT2D eigenvalue weighted by atomic mass is 9.96. The monoisotopic (exact) mass is 522 g/mol. The first-order valence-corrected chi connectivity index (χ1v) is 12.4. The quantitative estimate of drug-likeness (QED) is 0.123. The van der Waals surface area contributed by atoms with Gasteiger partial charge < -0.3 is 5.11 Å². The lowest BCUT2D eigenvalue weighted by molar-refractivity contribution is -0.132. The van der Waals surface area contributed by atoms with Gasteiger partial charge in [-0.2, -0.15) is 0 Å². The number of pyridine rings is 1. The van der Waals surface area contributed by atoms with Crippen LogP contribution in [0.5, 0.6) is 0 Å². The number of thioether (sulfide) groups is 1. The van der Waals surface area contributed by atoms with Crippen LogP contribution in [0.1, 0.15) is 22.7 Å². The molecule has 2 aromatic heterocycles. The van der Waals surface area contributed by atoms with Gasteiger partial charge in [0.1, 0.15) is 17.4 Å². The van der Waals surface area contributed by atoms with Gasteiger partial charge in [0.25, 0.3) is 5.78 Å². The van der Waals surface area contributed by atoms with E-state index in [4.69, 9.17) is 0 Å². The van der Waals surface area contributed by atoms with E-state index in [9.17, 15) is 23.5 Å². The summed E-state index contributed by atoms with van der Waals surface area (Å²) in [5, 5.41) is 19.3. The third kappa shape index (κ3) is 4.50. The van der Waals surface area contributed by atoms with Gasteiger partial charge in [0, 0.05) is 23.7 Å². The number of anilines is 1. The van der Waals surface area contributed by atoms with Crippen molar-refractivity contribution in [2.45, 2.75) is 16.1 Å². The molecule has 1 aliphatic rings. The van der Waals surface area contributed by atoms with Crippen LogP contribution in [0.2, 0.25) is 0 Å². The number of aliphatic hydroxyl groups excluding tert-OH is 1. The van der Waals surface area contributed by atoms with E-state index >= 15 is 0 Å². The molecule has 180 valence electrons. The number of ketones is 1. The Hall–Kier alpha value is -3.96. The highest BCUT2D eigenvalue weighted by Crippen LogP contribution is 2.43. The standard InChI is InChI=1S/C25H16F2N4O3S2/c26-17-9-7-14(8-10-17)21(32)19-20(15-5-3-11-28-12-15)31(23(34)22(19)33)24-29-30-25(36-24)35-13-16-4-1-2-6-18(16)27/h1-12,20,32H,13H2/b21-19-. The van der Waals surface area contributed by atoms with Gasteiger partial charge in [0.2, 0.25) is 5.13 Å². The molecule has 0 radical (unpaired) electrons. The zero-order valence-corrected chi connectivity index (χ0v) is 20.0. The Morgan fingerprint density at radius 2 is 1.81 bits per heavy atom. The maximum atomic E-state index is 14.0. The van der Waals surface area contributed by atoms with Gasteiger partial charge in [-0.3, -0.25) is 19.5 Å². The minimum Gasteiger partial charge on any atom is -0.507 e. The van der Waals surface area contributed by atoms with Crippen molar-refractivity contribution in [2.24, 2.45) is 0 Å². The van der Waals surface area contributed by atoms with Crippen LogP contribution in [0.15, 0.2) is 83.0 Å². The van der Waals surface area contributed by atoms with Crippen molar-refractivity contribution >= 4 is 45.7 Å². The second kappa shape index (κ2) is 9.96. The summed E-state index contributed by atoms with van der Waals surface area (Å²) in [6.07, 6.45) is 3.02. The molecule has 11 heteroatoms. The van der Waals surface area contributed by atoms with E-state index in [1.807, 2.05) is 0 Å². The summed E-state index contributed by atoms with van der Waals surface area (Å²) in [6.45, 7) is 0. The van der Waals surface area contributed by atoms with E-state index in [-0.39, 0.29) is 22.1 Å². The van der Waals surface area contributed by atoms with E-state index in [1.165, 1.54) is 47.3 Å². The zero-order chi connectivity index (χ0) is 25.2. The molecule has 0 aliphatic carbocycles. The smallest absolute Gasteiger partial charge is 0.301 e. The summed E-state index contributed by atoms with van der Waals surface area (Å²) >= 11 is 2.31. The molecule has 5 rings (SSSR count). The van der Waals surface area contributed by atoms with E-state index in [0.717, 1.165) is 23.5 Å². The molecule has 1 saturated heterocycles. The van der Waals surface area contributed by atoms with Gasteiger partial charge in [-0.25, -0.2) is 8.78 Å². The van der Waals surface area contributed by atoms with Crippen molar-refractivity contribution in [1.29, 1.82) is 0 Å². The maximum Gasteiger partial charge on any atom is 0.301 e. The number of carbonyl (C=O) groups is 2. The predicted octanol–water partition coefficient (Wildman–Crippen LogP) is 5.13. The number of amides is 1. The maximum absolute atomic E-state index is 14.0. The molecule has 2 aromatic carbocycles. The van der Waals surface area contributed by atoms with Crippen LogP contribution in [0.3, 0.4) is 0 Å². The van der Waals surface area contributed by atoms with Crippen molar-refractivity contribution in [3.63, 3.8) is 0 Å². The minimum atomic E-state index is -1.03. The van der Waals surface area contributed by atoms with E-state index in [0.29, 0.717) is 21.2 Å². The number of aromatic nitrogens is 3. The zero-order valence-electron chi connectivity index (χ0n) is 18.3. The number of rotatable bonds is 6. The fourth-order valence-electron chi connectivity index (χ4n) is 3.76. The number of carbonyl (C=O) groups excluding carboxylic acids is 2. The van der Waals surface area contributed by atoms with Crippen LogP contribution in [-0.4, -0.2) is 32.0 Å². The number of Topliss-reactive ketones (excluding diaryl/α,β-unsaturated/α-hetero) is 1.